The molecule has 0 saturated carbocycles. The van der Waals surface area contributed by atoms with Crippen molar-refractivity contribution in [3.05, 3.63) is 78.5 Å². The molecule has 11 heteroatoms. The van der Waals surface area contributed by atoms with Gasteiger partial charge in [-0.15, -0.1) is 5.10 Å². The van der Waals surface area contributed by atoms with E-state index in [9.17, 15) is 13.2 Å². The van der Waals surface area contributed by atoms with Crippen molar-refractivity contribution in [1.29, 1.82) is 0 Å². The van der Waals surface area contributed by atoms with E-state index in [4.69, 9.17) is 19.1 Å². The summed E-state index contributed by atoms with van der Waals surface area (Å²) in [4.78, 5) is 11.2. The van der Waals surface area contributed by atoms with Crippen LogP contribution < -0.4 is 0 Å². The number of carboxylic acids is 1. The summed E-state index contributed by atoms with van der Waals surface area (Å²) in [5.74, 6) is -1.79. The fraction of sp³-hybridized carbons (Fsp3) is 0.261. The third kappa shape index (κ3) is 5.61. The number of halogens is 3. The van der Waals surface area contributed by atoms with Crippen molar-refractivity contribution < 1.29 is 32.2 Å². The van der Waals surface area contributed by atoms with Crippen LogP contribution in [0.1, 0.15) is 17.6 Å². The molecule has 1 unspecified atom stereocenters. The molecule has 4 aromatic rings. The van der Waals surface area contributed by atoms with Crippen LogP contribution in [0.25, 0.3) is 16.6 Å². The summed E-state index contributed by atoms with van der Waals surface area (Å²) in [7, 11) is 0. The molecule has 1 aliphatic heterocycles. The molecule has 34 heavy (non-hydrogen) atoms. The molecule has 8 nitrogen and oxygen atoms in total. The minimum atomic E-state index is -5.08. The molecular formula is C23H21F3N4O4. The lowest BCUT2D eigenvalue weighted by Gasteiger charge is -2.31. The Kier molecular flexibility index (Phi) is 6.94. The van der Waals surface area contributed by atoms with Gasteiger partial charge in [-0.2, -0.15) is 13.2 Å². The molecule has 1 atom stereocenters. The lowest BCUT2D eigenvalue weighted by molar-refractivity contribution is -0.192. The Balaban J connectivity index is 0.000000344. The molecule has 1 aliphatic rings. The summed E-state index contributed by atoms with van der Waals surface area (Å²) in [6.07, 6.45) is -1.44. The maximum absolute atomic E-state index is 10.6. The molecule has 0 spiro atoms. The van der Waals surface area contributed by atoms with E-state index in [1.807, 2.05) is 41.0 Å². The first-order chi connectivity index (χ1) is 16.3. The van der Waals surface area contributed by atoms with Gasteiger partial charge in [-0.05, 0) is 23.8 Å². The summed E-state index contributed by atoms with van der Waals surface area (Å²) < 4.78 is 45.1. The van der Waals surface area contributed by atoms with Gasteiger partial charge in [0.05, 0.1) is 24.9 Å². The van der Waals surface area contributed by atoms with Crippen LogP contribution in [0.3, 0.4) is 0 Å². The van der Waals surface area contributed by atoms with Crippen molar-refractivity contribution in [2.24, 2.45) is 0 Å². The highest BCUT2D eigenvalue weighted by Gasteiger charge is 2.38. The molecule has 178 valence electrons. The first-order valence-electron chi connectivity index (χ1n) is 10.4. The average Bonchev–Trinajstić information content (AvgIpc) is 3.49. The number of rotatable bonds is 4. The number of carboxylic acid groups (broad SMARTS) is 1. The van der Waals surface area contributed by atoms with Crippen LogP contribution in [0.4, 0.5) is 13.2 Å². The molecule has 1 aromatic carbocycles. The SMILES string of the molecule is O=C(O)C(F)(F)F.c1ccc(-c2ccc3c(C4CN(Cc5ccco5)CCO4)nnn3c2)cc1. The molecule has 0 aliphatic carbocycles. The van der Waals surface area contributed by atoms with Crippen LogP contribution >= 0.6 is 0 Å². The van der Waals surface area contributed by atoms with Crippen LogP contribution in [0, 0.1) is 0 Å². The van der Waals surface area contributed by atoms with E-state index in [1.54, 1.807) is 6.26 Å². The number of pyridine rings is 1. The molecule has 1 N–H and O–H groups in total. The largest absolute Gasteiger partial charge is 0.490 e. The van der Waals surface area contributed by atoms with Gasteiger partial charge < -0.3 is 14.3 Å². The zero-order chi connectivity index (χ0) is 24.1. The smallest absolute Gasteiger partial charge is 0.475 e. The molecule has 3 aromatic heterocycles. The Morgan fingerprint density at radius 3 is 2.53 bits per heavy atom. The van der Waals surface area contributed by atoms with Gasteiger partial charge in [0, 0.05) is 24.8 Å². The summed E-state index contributed by atoms with van der Waals surface area (Å²) >= 11 is 0. The second-order valence-electron chi connectivity index (χ2n) is 7.57. The second kappa shape index (κ2) is 10.1. The molecule has 0 radical (unpaired) electrons. The predicted octanol–water partition coefficient (Wildman–Crippen LogP) is 4.20. The van der Waals surface area contributed by atoms with Crippen molar-refractivity contribution in [2.45, 2.75) is 18.8 Å². The van der Waals surface area contributed by atoms with E-state index in [1.165, 1.54) is 0 Å². The number of morpholine rings is 1. The number of ether oxygens (including phenoxy) is 1. The van der Waals surface area contributed by atoms with Crippen LogP contribution in [0.5, 0.6) is 0 Å². The van der Waals surface area contributed by atoms with Crippen LogP contribution in [-0.4, -0.2) is 56.7 Å². The van der Waals surface area contributed by atoms with Crippen LogP contribution in [0.15, 0.2) is 71.5 Å². The number of fused-ring (bicyclic) bond motifs is 1. The number of hydrogen-bond donors (Lipinski definition) is 1. The van der Waals surface area contributed by atoms with Gasteiger partial charge in [-0.1, -0.05) is 41.6 Å². The summed E-state index contributed by atoms with van der Waals surface area (Å²) in [5, 5.41) is 15.9. The van der Waals surface area contributed by atoms with Gasteiger partial charge in [-0.25, -0.2) is 9.31 Å². The molecular weight excluding hydrogens is 453 g/mol. The first kappa shape index (κ1) is 23.5. The Labute approximate surface area is 192 Å². The Hall–Kier alpha value is -3.70. The van der Waals surface area contributed by atoms with Crippen molar-refractivity contribution in [2.75, 3.05) is 19.7 Å². The number of aliphatic carboxylic acids is 1. The average molecular weight is 474 g/mol. The second-order valence-corrected chi connectivity index (χ2v) is 7.57. The van der Waals surface area contributed by atoms with Gasteiger partial charge in [0.1, 0.15) is 17.6 Å². The number of furan rings is 1. The minimum Gasteiger partial charge on any atom is -0.475 e. The number of alkyl halides is 3. The number of aromatic nitrogens is 3. The van der Waals surface area contributed by atoms with Gasteiger partial charge in [0.25, 0.3) is 0 Å². The van der Waals surface area contributed by atoms with E-state index in [0.29, 0.717) is 6.61 Å². The quantitative estimate of drug-likeness (QED) is 0.474. The van der Waals surface area contributed by atoms with Crippen LogP contribution in [-0.2, 0) is 16.1 Å². The molecule has 5 rings (SSSR count). The minimum absolute atomic E-state index is 0.0891. The highest BCUT2D eigenvalue weighted by molar-refractivity contribution is 5.73. The maximum atomic E-state index is 10.6. The van der Waals surface area contributed by atoms with Gasteiger partial charge in [0.2, 0.25) is 0 Å². The maximum Gasteiger partial charge on any atom is 0.490 e. The van der Waals surface area contributed by atoms with Crippen molar-refractivity contribution >= 4 is 11.5 Å². The van der Waals surface area contributed by atoms with E-state index in [-0.39, 0.29) is 6.10 Å². The molecule has 4 heterocycles. The Bertz CT molecular complexity index is 1230. The van der Waals surface area contributed by atoms with E-state index in [2.05, 4.69) is 39.5 Å². The Morgan fingerprint density at radius 1 is 1.09 bits per heavy atom. The molecule has 1 saturated heterocycles. The number of nitrogens with zero attached hydrogens (tertiary/aromatic N) is 4. The zero-order valence-corrected chi connectivity index (χ0v) is 17.9. The van der Waals surface area contributed by atoms with Crippen molar-refractivity contribution in [3.63, 3.8) is 0 Å². The van der Waals surface area contributed by atoms with Gasteiger partial charge in [-0.3, -0.25) is 4.90 Å². The molecule has 0 bridgehead atoms. The lowest BCUT2D eigenvalue weighted by atomic mass is 10.1. The number of carbonyl (C=O) groups is 1. The highest BCUT2D eigenvalue weighted by Crippen LogP contribution is 2.27. The first-order valence-corrected chi connectivity index (χ1v) is 10.4. The third-order valence-electron chi connectivity index (χ3n) is 5.20. The van der Waals surface area contributed by atoms with E-state index < -0.39 is 12.1 Å². The van der Waals surface area contributed by atoms with E-state index in [0.717, 1.165) is 47.7 Å². The summed E-state index contributed by atoms with van der Waals surface area (Å²) in [5.41, 5.74) is 4.15. The van der Waals surface area contributed by atoms with Crippen LogP contribution in [0.2, 0.25) is 0 Å². The lowest BCUT2D eigenvalue weighted by Crippen LogP contribution is -2.37. The highest BCUT2D eigenvalue weighted by atomic mass is 19.4. The normalized spacial score (nSPS) is 16.7. The summed E-state index contributed by atoms with van der Waals surface area (Å²) in [6, 6.07) is 18.4. The topological polar surface area (TPSA) is 93.1 Å². The molecule has 1 fully saturated rings. The predicted molar refractivity (Wildman–Crippen MR) is 115 cm³/mol. The van der Waals surface area contributed by atoms with Crippen molar-refractivity contribution in [3.8, 4) is 11.1 Å². The number of benzene rings is 1. The summed E-state index contributed by atoms with van der Waals surface area (Å²) in [6.45, 7) is 3.11. The fourth-order valence-corrected chi connectivity index (χ4v) is 3.58. The standard InChI is InChI=1S/C21H20N4O2.C2HF3O2/c1-2-5-16(6-3-1)17-8-9-19-21(22-23-25(19)13-17)20-15-24(10-12-27-20)14-18-7-4-11-26-18;3-2(4,5)1(6)7/h1-9,11,13,20H,10,12,14-15H2;(H,6,7). The monoisotopic (exact) mass is 474 g/mol. The van der Waals surface area contributed by atoms with Gasteiger partial charge >= 0.3 is 12.1 Å². The number of hydrogen-bond acceptors (Lipinski definition) is 6. The Morgan fingerprint density at radius 2 is 1.85 bits per heavy atom. The van der Waals surface area contributed by atoms with Gasteiger partial charge in [0.15, 0.2) is 0 Å². The third-order valence-corrected chi connectivity index (χ3v) is 5.20. The van der Waals surface area contributed by atoms with Crippen molar-refractivity contribution in [1.82, 2.24) is 19.7 Å². The fourth-order valence-electron chi connectivity index (χ4n) is 3.58. The molecule has 0 amide bonds. The van der Waals surface area contributed by atoms with E-state index >= 15 is 0 Å². The zero-order valence-electron chi connectivity index (χ0n) is 17.9.